The van der Waals surface area contributed by atoms with Gasteiger partial charge in [0.15, 0.2) is 5.96 Å². The van der Waals surface area contributed by atoms with E-state index in [1.165, 1.54) is 6.07 Å². The summed E-state index contributed by atoms with van der Waals surface area (Å²) in [6.07, 6.45) is 3.59. The van der Waals surface area contributed by atoms with Gasteiger partial charge in [0.05, 0.1) is 0 Å². The first-order chi connectivity index (χ1) is 11.7. The number of aryl methyl sites for hydroxylation is 1. The molecule has 0 spiro atoms. The van der Waals surface area contributed by atoms with E-state index in [0.29, 0.717) is 24.6 Å². The van der Waals surface area contributed by atoms with Gasteiger partial charge in [0.25, 0.3) is 0 Å². The third-order valence-electron chi connectivity index (χ3n) is 3.64. The number of benzene rings is 1. The monoisotopic (exact) mass is 458 g/mol. The Labute approximate surface area is 164 Å². The Morgan fingerprint density at radius 3 is 2.60 bits per heavy atom. The first-order valence-corrected chi connectivity index (χ1v) is 8.04. The lowest BCUT2D eigenvalue weighted by molar-refractivity contribution is 0.583. The molecule has 0 aliphatic heterocycles. The van der Waals surface area contributed by atoms with E-state index >= 15 is 0 Å². The maximum Gasteiger partial charge on any atom is 0.250 e. The highest BCUT2D eigenvalue weighted by Crippen LogP contribution is 2.05. The lowest BCUT2D eigenvalue weighted by Gasteiger charge is -2.12. The Hall–Kier alpha value is -1.90. The van der Waals surface area contributed by atoms with E-state index in [9.17, 15) is 9.18 Å². The number of rotatable bonds is 7. The van der Waals surface area contributed by atoms with Crippen LogP contribution in [0.3, 0.4) is 0 Å². The zero-order valence-electron chi connectivity index (χ0n) is 14.2. The number of nitrogens with one attached hydrogen (secondary N) is 2. The summed E-state index contributed by atoms with van der Waals surface area (Å²) in [7, 11) is 1.68. The summed E-state index contributed by atoms with van der Waals surface area (Å²) in [6, 6.07) is 11.8. The molecule has 2 N–H and O–H groups in total. The molecule has 7 heteroatoms. The van der Waals surface area contributed by atoms with Crippen molar-refractivity contribution >= 4 is 29.9 Å². The summed E-state index contributed by atoms with van der Waals surface area (Å²) < 4.78 is 15.3. The summed E-state index contributed by atoms with van der Waals surface area (Å²) in [5, 5.41) is 6.28. The summed E-state index contributed by atoms with van der Waals surface area (Å²) in [4.78, 5) is 15.7. The first-order valence-electron chi connectivity index (χ1n) is 8.04. The number of guanidine groups is 1. The molecule has 25 heavy (non-hydrogen) atoms. The van der Waals surface area contributed by atoms with E-state index in [0.717, 1.165) is 19.4 Å². The molecular formula is C18H24FIN4O. The molecule has 1 heterocycles. The van der Waals surface area contributed by atoms with E-state index in [1.54, 1.807) is 42.1 Å². The van der Waals surface area contributed by atoms with Crippen LogP contribution in [-0.2, 0) is 13.1 Å². The highest BCUT2D eigenvalue weighted by atomic mass is 127. The van der Waals surface area contributed by atoms with Crippen molar-refractivity contribution in [2.45, 2.75) is 25.9 Å². The average molecular weight is 458 g/mol. The second-order valence-corrected chi connectivity index (χ2v) is 5.38. The van der Waals surface area contributed by atoms with Gasteiger partial charge in [-0.05, 0) is 25.0 Å². The molecule has 0 aliphatic rings. The minimum Gasteiger partial charge on any atom is -0.356 e. The van der Waals surface area contributed by atoms with Gasteiger partial charge < -0.3 is 15.2 Å². The van der Waals surface area contributed by atoms with Crippen LogP contribution < -0.4 is 16.2 Å². The second kappa shape index (κ2) is 11.6. The van der Waals surface area contributed by atoms with Crippen molar-refractivity contribution in [3.05, 3.63) is 70.4 Å². The maximum absolute atomic E-state index is 13.6. The molecule has 1 aromatic carbocycles. The maximum atomic E-state index is 13.6. The number of halogens is 2. The Kier molecular flexibility index (Phi) is 9.83. The zero-order valence-corrected chi connectivity index (χ0v) is 16.6. The molecule has 2 aromatic rings. The molecule has 0 aliphatic carbocycles. The largest absolute Gasteiger partial charge is 0.356 e. The molecule has 0 unspecified atom stereocenters. The standard InChI is InChI=1S/C18H23FN4O.HI/c1-20-18(22-14-15-8-2-3-9-16(15)19)21-11-5-7-13-23-12-6-4-10-17(23)24;/h2-4,6,8-10,12H,5,7,11,13-14H2,1H3,(H2,20,21,22);1H. The number of unbranched alkanes of at least 4 members (excludes halogenated alkanes) is 1. The summed E-state index contributed by atoms with van der Waals surface area (Å²) in [6.45, 7) is 1.81. The van der Waals surface area contributed by atoms with Gasteiger partial charge in [-0.2, -0.15) is 0 Å². The fourth-order valence-corrected chi connectivity index (χ4v) is 2.30. The molecule has 0 radical (unpaired) electrons. The topological polar surface area (TPSA) is 58.4 Å². The Bertz CT molecular complexity index is 733. The molecule has 0 amide bonds. The highest BCUT2D eigenvalue weighted by Gasteiger charge is 2.02. The van der Waals surface area contributed by atoms with Gasteiger partial charge in [0.2, 0.25) is 5.56 Å². The van der Waals surface area contributed by atoms with Crippen LogP contribution in [0.1, 0.15) is 18.4 Å². The third kappa shape index (κ3) is 7.25. The van der Waals surface area contributed by atoms with Crippen molar-refractivity contribution in [3.8, 4) is 0 Å². The number of aromatic nitrogens is 1. The van der Waals surface area contributed by atoms with Crippen molar-refractivity contribution < 1.29 is 4.39 Å². The second-order valence-electron chi connectivity index (χ2n) is 5.38. The molecule has 2 rings (SSSR count). The van der Waals surface area contributed by atoms with Crippen LogP contribution in [0.2, 0.25) is 0 Å². The number of aliphatic imine (C=N–C) groups is 1. The van der Waals surface area contributed by atoms with E-state index in [1.807, 2.05) is 12.1 Å². The number of nitrogens with zero attached hydrogens (tertiary/aromatic N) is 2. The Morgan fingerprint density at radius 1 is 1.12 bits per heavy atom. The third-order valence-corrected chi connectivity index (χ3v) is 3.64. The minimum absolute atomic E-state index is 0. The molecule has 0 saturated carbocycles. The van der Waals surface area contributed by atoms with Gasteiger partial charge in [-0.25, -0.2) is 4.39 Å². The van der Waals surface area contributed by atoms with Crippen molar-refractivity contribution in [3.63, 3.8) is 0 Å². The minimum atomic E-state index is -0.228. The van der Waals surface area contributed by atoms with E-state index in [2.05, 4.69) is 15.6 Å². The van der Waals surface area contributed by atoms with Crippen molar-refractivity contribution in [2.75, 3.05) is 13.6 Å². The van der Waals surface area contributed by atoms with Crippen LogP contribution >= 0.6 is 24.0 Å². The fraction of sp³-hybridized carbons (Fsp3) is 0.333. The molecule has 0 fully saturated rings. The van der Waals surface area contributed by atoms with E-state index in [4.69, 9.17) is 0 Å². The number of hydrogen-bond donors (Lipinski definition) is 2. The van der Waals surface area contributed by atoms with Crippen molar-refractivity contribution in [1.29, 1.82) is 0 Å². The molecule has 0 atom stereocenters. The van der Waals surface area contributed by atoms with Crippen LogP contribution in [0.15, 0.2) is 58.4 Å². The zero-order chi connectivity index (χ0) is 17.2. The lowest BCUT2D eigenvalue weighted by Crippen LogP contribution is -2.37. The SMILES string of the molecule is CN=C(NCCCCn1ccccc1=O)NCc1ccccc1F.I. The van der Waals surface area contributed by atoms with Gasteiger partial charge >= 0.3 is 0 Å². The summed E-state index contributed by atoms with van der Waals surface area (Å²) in [5.41, 5.74) is 0.622. The van der Waals surface area contributed by atoms with Crippen LogP contribution in [0.25, 0.3) is 0 Å². The van der Waals surface area contributed by atoms with Gasteiger partial charge in [-0.3, -0.25) is 9.79 Å². The normalized spacial score (nSPS) is 10.9. The van der Waals surface area contributed by atoms with Gasteiger partial charge in [-0.15, -0.1) is 24.0 Å². The molecule has 0 saturated heterocycles. The van der Waals surface area contributed by atoms with Gasteiger partial charge in [-0.1, -0.05) is 24.3 Å². The quantitative estimate of drug-likeness (QED) is 0.291. The number of hydrogen-bond acceptors (Lipinski definition) is 2. The molecule has 5 nitrogen and oxygen atoms in total. The van der Waals surface area contributed by atoms with Gasteiger partial charge in [0, 0.05) is 44.5 Å². The fourth-order valence-electron chi connectivity index (χ4n) is 2.30. The smallest absolute Gasteiger partial charge is 0.250 e. The average Bonchev–Trinajstić information content (AvgIpc) is 2.60. The van der Waals surface area contributed by atoms with Crippen LogP contribution in [0, 0.1) is 5.82 Å². The van der Waals surface area contributed by atoms with Gasteiger partial charge in [0.1, 0.15) is 5.82 Å². The van der Waals surface area contributed by atoms with Crippen molar-refractivity contribution in [1.82, 2.24) is 15.2 Å². The predicted molar refractivity (Wildman–Crippen MR) is 110 cm³/mol. The predicted octanol–water partition coefficient (Wildman–Crippen LogP) is 2.75. The first kappa shape index (κ1) is 21.1. The van der Waals surface area contributed by atoms with Crippen LogP contribution in [0.5, 0.6) is 0 Å². The Balaban J connectivity index is 0.00000312. The lowest BCUT2D eigenvalue weighted by atomic mass is 10.2. The molecule has 136 valence electrons. The Morgan fingerprint density at radius 2 is 1.88 bits per heavy atom. The summed E-state index contributed by atoms with van der Waals surface area (Å²) >= 11 is 0. The van der Waals surface area contributed by atoms with E-state index in [-0.39, 0.29) is 35.4 Å². The molecule has 0 bridgehead atoms. The van der Waals surface area contributed by atoms with Crippen LogP contribution in [0.4, 0.5) is 4.39 Å². The van der Waals surface area contributed by atoms with Crippen molar-refractivity contribution in [2.24, 2.45) is 4.99 Å². The highest BCUT2D eigenvalue weighted by molar-refractivity contribution is 14.0. The summed E-state index contributed by atoms with van der Waals surface area (Å²) in [5.74, 6) is 0.406. The van der Waals surface area contributed by atoms with E-state index < -0.39 is 0 Å². The molecule has 1 aromatic heterocycles. The number of pyridine rings is 1. The van der Waals surface area contributed by atoms with Crippen LogP contribution in [-0.4, -0.2) is 24.1 Å². The molecular weight excluding hydrogens is 434 g/mol.